The molecular weight excluding hydrogens is 470 g/mol. The van der Waals surface area contributed by atoms with E-state index < -0.39 is 0 Å². The maximum atomic E-state index is 13.2. The quantitative estimate of drug-likeness (QED) is 0.199. The van der Waals surface area contributed by atoms with Crippen LogP contribution in [0.4, 0.5) is 0 Å². The molecule has 0 bridgehead atoms. The third kappa shape index (κ3) is 5.43. The number of nitrogens with one attached hydrogen (secondary N) is 1. The molecule has 1 amide bonds. The van der Waals surface area contributed by atoms with E-state index in [0.29, 0.717) is 22.9 Å². The fourth-order valence-corrected chi connectivity index (χ4v) is 3.93. The molecule has 5 nitrogen and oxygen atoms in total. The lowest BCUT2D eigenvalue weighted by Crippen LogP contribution is -2.18. The molecule has 1 aromatic heterocycles. The zero-order valence-corrected chi connectivity index (χ0v) is 20.0. The Bertz CT molecular complexity index is 1530. The number of amides is 1. The van der Waals surface area contributed by atoms with E-state index in [-0.39, 0.29) is 5.91 Å². The van der Waals surface area contributed by atoms with Crippen molar-refractivity contribution in [1.29, 1.82) is 0 Å². The first-order valence-electron chi connectivity index (χ1n) is 11.4. The Labute approximate surface area is 214 Å². The van der Waals surface area contributed by atoms with Gasteiger partial charge in [0, 0.05) is 21.5 Å². The van der Waals surface area contributed by atoms with E-state index in [1.165, 1.54) is 0 Å². The molecule has 6 heteroatoms. The van der Waals surface area contributed by atoms with Gasteiger partial charge in [0.15, 0.2) is 0 Å². The number of pyridine rings is 1. The average Bonchev–Trinajstić information content (AvgIpc) is 2.93. The Morgan fingerprint density at radius 3 is 2.44 bits per heavy atom. The predicted molar refractivity (Wildman–Crippen MR) is 144 cm³/mol. The summed E-state index contributed by atoms with van der Waals surface area (Å²) in [5.74, 6) is 0.341. The van der Waals surface area contributed by atoms with Gasteiger partial charge in [0.2, 0.25) is 0 Å². The molecule has 5 rings (SSSR count). The zero-order chi connectivity index (χ0) is 24.7. The van der Waals surface area contributed by atoms with Crippen LogP contribution in [0.15, 0.2) is 114 Å². The number of benzene rings is 4. The molecular formula is C30H22ClN3O2. The van der Waals surface area contributed by atoms with Crippen molar-refractivity contribution >= 4 is 34.6 Å². The third-order valence-corrected chi connectivity index (χ3v) is 5.88. The summed E-state index contributed by atoms with van der Waals surface area (Å²) in [6.45, 7) is 0.389. The lowest BCUT2D eigenvalue weighted by Gasteiger charge is -2.10. The molecule has 0 aliphatic rings. The Kier molecular flexibility index (Phi) is 7.01. The molecule has 36 heavy (non-hydrogen) atoms. The molecule has 0 spiro atoms. The summed E-state index contributed by atoms with van der Waals surface area (Å²) in [4.78, 5) is 17.9. The number of nitrogens with zero attached hydrogens (tertiary/aromatic N) is 2. The molecule has 0 aliphatic heterocycles. The maximum absolute atomic E-state index is 13.2. The van der Waals surface area contributed by atoms with Crippen molar-refractivity contribution in [2.75, 3.05) is 0 Å². The van der Waals surface area contributed by atoms with Crippen LogP contribution in [0.5, 0.6) is 5.75 Å². The number of carbonyl (C=O) groups excluding carboxylic acids is 1. The minimum absolute atomic E-state index is 0.318. The van der Waals surface area contributed by atoms with E-state index in [1.54, 1.807) is 12.3 Å². The van der Waals surface area contributed by atoms with Gasteiger partial charge >= 0.3 is 0 Å². The van der Waals surface area contributed by atoms with Gasteiger partial charge in [0.1, 0.15) is 12.4 Å². The largest absolute Gasteiger partial charge is 0.488 e. The van der Waals surface area contributed by atoms with E-state index in [2.05, 4.69) is 10.5 Å². The molecule has 0 fully saturated rings. The maximum Gasteiger partial charge on any atom is 0.272 e. The van der Waals surface area contributed by atoms with Crippen LogP contribution in [0.25, 0.3) is 22.2 Å². The number of halogens is 1. The topological polar surface area (TPSA) is 63.6 Å². The highest BCUT2D eigenvalue weighted by atomic mass is 35.5. The number of carbonyl (C=O) groups is 1. The molecule has 1 N–H and O–H groups in total. The van der Waals surface area contributed by atoms with Gasteiger partial charge in [0.25, 0.3) is 5.91 Å². The van der Waals surface area contributed by atoms with E-state index >= 15 is 0 Å². The first-order valence-corrected chi connectivity index (χ1v) is 11.8. The first-order chi connectivity index (χ1) is 17.7. The van der Waals surface area contributed by atoms with Crippen LogP contribution < -0.4 is 10.2 Å². The number of ether oxygens (including phenoxy) is 1. The van der Waals surface area contributed by atoms with Crippen molar-refractivity contribution in [1.82, 2.24) is 10.4 Å². The van der Waals surface area contributed by atoms with Crippen LogP contribution in [-0.4, -0.2) is 17.1 Å². The van der Waals surface area contributed by atoms with Crippen molar-refractivity contribution in [2.45, 2.75) is 6.61 Å². The van der Waals surface area contributed by atoms with Gasteiger partial charge in [-0.25, -0.2) is 10.4 Å². The lowest BCUT2D eigenvalue weighted by molar-refractivity contribution is 0.0956. The highest BCUT2D eigenvalue weighted by Gasteiger charge is 2.13. The summed E-state index contributed by atoms with van der Waals surface area (Å²) in [5.41, 5.74) is 7.31. The second kappa shape index (κ2) is 10.8. The van der Waals surface area contributed by atoms with Crippen LogP contribution in [-0.2, 0) is 6.61 Å². The Morgan fingerprint density at radius 2 is 1.61 bits per heavy atom. The van der Waals surface area contributed by atoms with Crippen LogP contribution >= 0.6 is 11.6 Å². The highest BCUT2D eigenvalue weighted by Crippen LogP contribution is 2.25. The molecule has 0 saturated heterocycles. The van der Waals surface area contributed by atoms with E-state index in [9.17, 15) is 4.79 Å². The number of rotatable bonds is 7. The normalized spacial score (nSPS) is 11.0. The minimum Gasteiger partial charge on any atom is -0.488 e. The number of para-hydroxylation sites is 2. The van der Waals surface area contributed by atoms with Crippen molar-refractivity contribution in [3.8, 4) is 17.0 Å². The molecule has 0 saturated carbocycles. The third-order valence-electron chi connectivity index (χ3n) is 5.63. The van der Waals surface area contributed by atoms with E-state index in [0.717, 1.165) is 33.3 Å². The summed E-state index contributed by atoms with van der Waals surface area (Å²) in [6, 6.07) is 34.2. The fraction of sp³-hybridized carbons (Fsp3) is 0.0333. The number of hydrogen-bond donors (Lipinski definition) is 1. The average molecular weight is 492 g/mol. The minimum atomic E-state index is -0.318. The molecule has 0 aliphatic carbocycles. The lowest BCUT2D eigenvalue weighted by atomic mass is 10.0. The molecule has 5 aromatic rings. The zero-order valence-electron chi connectivity index (χ0n) is 19.3. The number of fused-ring (bicyclic) bond motifs is 1. The number of hydrogen-bond acceptors (Lipinski definition) is 4. The van der Waals surface area contributed by atoms with Crippen LogP contribution in [0, 0.1) is 0 Å². The Balaban J connectivity index is 1.35. The fourth-order valence-electron chi connectivity index (χ4n) is 3.80. The number of hydrazone groups is 1. The van der Waals surface area contributed by atoms with Crippen molar-refractivity contribution in [3.63, 3.8) is 0 Å². The number of aromatic nitrogens is 1. The second-order valence-electron chi connectivity index (χ2n) is 8.09. The molecule has 176 valence electrons. The second-order valence-corrected chi connectivity index (χ2v) is 8.53. The standard InChI is InChI=1S/C30H22ClN3O2/c31-24-16-14-21(15-17-24)20-36-29-13-7-4-10-23(29)19-32-34-30(35)26-18-28(22-8-2-1-3-9-22)33-27-12-6-5-11-25(26)27/h1-19H,20H2,(H,34,35)/b32-19-. The van der Waals surface area contributed by atoms with Gasteiger partial charge in [-0.2, -0.15) is 5.10 Å². The van der Waals surface area contributed by atoms with Crippen LogP contribution in [0.3, 0.4) is 0 Å². The van der Waals surface area contributed by atoms with Gasteiger partial charge in [-0.1, -0.05) is 84.4 Å². The molecule has 0 unspecified atom stereocenters. The van der Waals surface area contributed by atoms with Crippen LogP contribution in [0.1, 0.15) is 21.5 Å². The van der Waals surface area contributed by atoms with E-state index in [1.807, 2.05) is 103 Å². The van der Waals surface area contributed by atoms with Crippen molar-refractivity contribution in [2.24, 2.45) is 5.10 Å². The van der Waals surface area contributed by atoms with E-state index in [4.69, 9.17) is 21.3 Å². The molecule has 0 atom stereocenters. The van der Waals surface area contributed by atoms with Gasteiger partial charge in [-0.15, -0.1) is 0 Å². The van der Waals surface area contributed by atoms with Gasteiger partial charge in [0.05, 0.1) is 23.0 Å². The molecule has 1 heterocycles. The van der Waals surface area contributed by atoms with Crippen molar-refractivity contribution in [3.05, 3.63) is 131 Å². The predicted octanol–water partition coefficient (Wildman–Crippen LogP) is 6.90. The van der Waals surface area contributed by atoms with Crippen molar-refractivity contribution < 1.29 is 9.53 Å². The molecule has 4 aromatic carbocycles. The SMILES string of the molecule is O=C(N/N=C\c1ccccc1OCc1ccc(Cl)cc1)c1cc(-c2ccccc2)nc2ccccc12. The summed E-state index contributed by atoms with van der Waals surface area (Å²) in [6.07, 6.45) is 1.58. The summed E-state index contributed by atoms with van der Waals surface area (Å²) >= 11 is 5.96. The smallest absolute Gasteiger partial charge is 0.272 e. The monoisotopic (exact) mass is 491 g/mol. The summed E-state index contributed by atoms with van der Waals surface area (Å²) in [5, 5.41) is 5.65. The highest BCUT2D eigenvalue weighted by molar-refractivity contribution is 6.30. The van der Waals surface area contributed by atoms with Gasteiger partial charge in [-0.05, 0) is 42.0 Å². The van der Waals surface area contributed by atoms with Gasteiger partial charge in [-0.3, -0.25) is 4.79 Å². The molecule has 0 radical (unpaired) electrons. The Hall–Kier alpha value is -4.48. The summed E-state index contributed by atoms with van der Waals surface area (Å²) < 4.78 is 5.97. The first kappa shape index (κ1) is 23.3. The Morgan fingerprint density at radius 1 is 0.889 bits per heavy atom. The summed E-state index contributed by atoms with van der Waals surface area (Å²) in [7, 11) is 0. The van der Waals surface area contributed by atoms with Crippen LogP contribution in [0.2, 0.25) is 5.02 Å². The van der Waals surface area contributed by atoms with Gasteiger partial charge < -0.3 is 4.74 Å².